The summed E-state index contributed by atoms with van der Waals surface area (Å²) in [6, 6.07) is 0. The van der Waals surface area contributed by atoms with E-state index < -0.39 is 0 Å². The highest BCUT2D eigenvalue weighted by Crippen LogP contribution is 2.08. The molecule has 0 aliphatic heterocycles. The predicted molar refractivity (Wildman–Crippen MR) is 84.1 cm³/mol. The van der Waals surface area contributed by atoms with Crippen molar-refractivity contribution in [3.63, 3.8) is 0 Å². The third-order valence-electron chi connectivity index (χ3n) is 3.56. The van der Waals surface area contributed by atoms with Crippen molar-refractivity contribution in [1.29, 1.82) is 0 Å². The first kappa shape index (κ1) is 18.5. The van der Waals surface area contributed by atoms with Gasteiger partial charge >= 0.3 is 0 Å². The normalized spacial score (nSPS) is 10.7. The molecule has 0 bridgehead atoms. The summed E-state index contributed by atoms with van der Waals surface area (Å²) in [7, 11) is 0. The second-order valence-corrected chi connectivity index (χ2v) is 5.46. The molecule has 0 rings (SSSR count). The van der Waals surface area contributed by atoms with Gasteiger partial charge in [-0.25, -0.2) is 0 Å². The van der Waals surface area contributed by atoms with Gasteiger partial charge in [0.05, 0.1) is 0 Å². The molecule has 0 aliphatic rings. The largest absolute Gasteiger partial charge is 0.343 e. The van der Waals surface area contributed by atoms with Crippen LogP contribution in [-0.4, -0.2) is 23.9 Å². The predicted octanol–water partition coefficient (Wildman–Crippen LogP) is 4.98. The van der Waals surface area contributed by atoms with Gasteiger partial charge in [-0.1, -0.05) is 65.7 Å². The Balaban J connectivity index is 3.96. The molecule has 0 heterocycles. The van der Waals surface area contributed by atoms with Gasteiger partial charge in [-0.2, -0.15) is 0 Å². The van der Waals surface area contributed by atoms with E-state index in [9.17, 15) is 4.79 Å². The van der Waals surface area contributed by atoms with Crippen LogP contribution in [0.2, 0.25) is 0 Å². The molecule has 0 aliphatic carbocycles. The Kier molecular flexibility index (Phi) is 13.5. The monoisotopic (exact) mass is 268 g/mol. The number of carbonyl (C=O) groups excluding carboxylic acids is 1. The molecule has 1 radical (unpaired) electrons. The van der Waals surface area contributed by atoms with Gasteiger partial charge in [-0.05, 0) is 19.3 Å². The molecular weight excluding hydrogens is 234 g/mol. The highest BCUT2D eigenvalue weighted by Gasteiger charge is 2.11. The average molecular weight is 268 g/mol. The first-order chi connectivity index (χ1) is 9.26. The van der Waals surface area contributed by atoms with E-state index in [0.29, 0.717) is 5.91 Å². The summed E-state index contributed by atoms with van der Waals surface area (Å²) in [4.78, 5) is 14.3. The van der Waals surface area contributed by atoms with E-state index in [0.717, 1.165) is 45.2 Å². The maximum atomic E-state index is 12.2. The highest BCUT2D eigenvalue weighted by molar-refractivity contribution is 5.76. The third kappa shape index (κ3) is 11.0. The molecule has 0 N–H and O–H groups in total. The summed E-state index contributed by atoms with van der Waals surface area (Å²) in [5, 5.41) is 0. The Hall–Kier alpha value is -0.530. The number of hydrogen-bond donors (Lipinski definition) is 0. The van der Waals surface area contributed by atoms with Gasteiger partial charge in [0, 0.05) is 19.5 Å². The molecule has 0 saturated carbocycles. The van der Waals surface area contributed by atoms with Crippen LogP contribution in [0, 0.1) is 6.92 Å². The molecule has 0 aromatic heterocycles. The van der Waals surface area contributed by atoms with Gasteiger partial charge in [-0.3, -0.25) is 4.79 Å². The van der Waals surface area contributed by atoms with Gasteiger partial charge < -0.3 is 4.90 Å². The van der Waals surface area contributed by atoms with Crippen LogP contribution in [0.15, 0.2) is 0 Å². The number of carbonyl (C=O) groups is 1. The zero-order chi connectivity index (χ0) is 14.3. The zero-order valence-electron chi connectivity index (χ0n) is 13.3. The maximum absolute atomic E-state index is 12.2. The van der Waals surface area contributed by atoms with Crippen molar-refractivity contribution in [2.75, 3.05) is 13.1 Å². The van der Waals surface area contributed by atoms with Crippen molar-refractivity contribution in [2.45, 2.75) is 84.5 Å². The summed E-state index contributed by atoms with van der Waals surface area (Å²) in [5.41, 5.74) is 0. The Morgan fingerprint density at radius 2 is 1.42 bits per heavy atom. The Bertz CT molecular complexity index is 203. The highest BCUT2D eigenvalue weighted by atomic mass is 16.2. The van der Waals surface area contributed by atoms with E-state index in [1.54, 1.807) is 0 Å². The maximum Gasteiger partial charge on any atom is 0.222 e. The fraction of sp³-hybridized carbons (Fsp3) is 0.882. The SMILES string of the molecule is [CH2]CCCCC(=O)N(CCCCC)CCCCCC. The lowest BCUT2D eigenvalue weighted by atomic mass is 10.1. The minimum absolute atomic E-state index is 0.362. The van der Waals surface area contributed by atoms with Crippen LogP contribution in [0.5, 0.6) is 0 Å². The van der Waals surface area contributed by atoms with Crippen LogP contribution in [0.3, 0.4) is 0 Å². The van der Waals surface area contributed by atoms with Crippen molar-refractivity contribution >= 4 is 5.91 Å². The van der Waals surface area contributed by atoms with Crippen LogP contribution in [0.1, 0.15) is 84.5 Å². The number of rotatable bonds is 13. The first-order valence-electron chi connectivity index (χ1n) is 8.33. The van der Waals surface area contributed by atoms with Crippen LogP contribution in [-0.2, 0) is 4.79 Å². The molecule has 0 fully saturated rings. The Labute approximate surface area is 120 Å². The van der Waals surface area contributed by atoms with Crippen LogP contribution in [0.25, 0.3) is 0 Å². The van der Waals surface area contributed by atoms with Gasteiger partial charge in [-0.15, -0.1) is 0 Å². The van der Waals surface area contributed by atoms with Crippen molar-refractivity contribution in [2.24, 2.45) is 0 Å². The molecule has 0 aromatic rings. The third-order valence-corrected chi connectivity index (χ3v) is 3.56. The summed E-state index contributed by atoms with van der Waals surface area (Å²) in [5.74, 6) is 0.362. The van der Waals surface area contributed by atoms with Gasteiger partial charge in [0.25, 0.3) is 0 Å². The van der Waals surface area contributed by atoms with Crippen molar-refractivity contribution < 1.29 is 4.79 Å². The number of unbranched alkanes of at least 4 members (excludes halogenated alkanes) is 7. The second-order valence-electron chi connectivity index (χ2n) is 5.46. The zero-order valence-corrected chi connectivity index (χ0v) is 13.3. The van der Waals surface area contributed by atoms with Crippen LogP contribution in [0.4, 0.5) is 0 Å². The summed E-state index contributed by atoms with van der Waals surface area (Å²) >= 11 is 0. The quantitative estimate of drug-likeness (QED) is 0.431. The lowest BCUT2D eigenvalue weighted by Crippen LogP contribution is -2.32. The minimum atomic E-state index is 0.362. The van der Waals surface area contributed by atoms with Gasteiger partial charge in [0.2, 0.25) is 5.91 Å². The standard InChI is InChI=1S/C17H34NO/c1-4-7-10-13-16-18(15-12-9-6-3)17(19)14-11-8-5-2/h2,4-16H2,1,3H3. The van der Waals surface area contributed by atoms with E-state index in [-0.39, 0.29) is 0 Å². The van der Waals surface area contributed by atoms with Gasteiger partial charge in [0.1, 0.15) is 0 Å². The fourth-order valence-corrected chi connectivity index (χ4v) is 2.25. The van der Waals surface area contributed by atoms with E-state index in [1.165, 1.54) is 38.5 Å². The molecule has 0 aromatic carbocycles. The Morgan fingerprint density at radius 3 is 2.00 bits per heavy atom. The average Bonchev–Trinajstić information content (AvgIpc) is 2.41. The van der Waals surface area contributed by atoms with E-state index >= 15 is 0 Å². The molecular formula is C17H34NO. The van der Waals surface area contributed by atoms with Crippen molar-refractivity contribution in [3.05, 3.63) is 6.92 Å². The summed E-state index contributed by atoms with van der Waals surface area (Å²) in [6.45, 7) is 10.2. The van der Waals surface area contributed by atoms with Crippen LogP contribution >= 0.6 is 0 Å². The number of hydrogen-bond acceptors (Lipinski definition) is 1. The van der Waals surface area contributed by atoms with E-state index in [4.69, 9.17) is 0 Å². The fourth-order valence-electron chi connectivity index (χ4n) is 2.25. The van der Waals surface area contributed by atoms with E-state index in [2.05, 4.69) is 25.7 Å². The second kappa shape index (κ2) is 13.9. The molecule has 2 nitrogen and oxygen atoms in total. The van der Waals surface area contributed by atoms with Crippen molar-refractivity contribution in [3.8, 4) is 0 Å². The number of nitrogens with zero attached hydrogens (tertiary/aromatic N) is 1. The molecule has 0 spiro atoms. The molecule has 0 atom stereocenters. The molecule has 1 amide bonds. The smallest absolute Gasteiger partial charge is 0.222 e. The lowest BCUT2D eigenvalue weighted by molar-refractivity contribution is -0.131. The summed E-state index contributed by atoms with van der Waals surface area (Å²) in [6.07, 6.45) is 12.3. The molecule has 0 saturated heterocycles. The summed E-state index contributed by atoms with van der Waals surface area (Å²) < 4.78 is 0. The lowest BCUT2D eigenvalue weighted by Gasteiger charge is -2.23. The van der Waals surface area contributed by atoms with E-state index in [1.807, 2.05) is 0 Å². The minimum Gasteiger partial charge on any atom is -0.343 e. The topological polar surface area (TPSA) is 20.3 Å². The van der Waals surface area contributed by atoms with Gasteiger partial charge in [0.15, 0.2) is 0 Å². The van der Waals surface area contributed by atoms with Crippen molar-refractivity contribution in [1.82, 2.24) is 4.90 Å². The first-order valence-corrected chi connectivity index (χ1v) is 8.33. The number of amides is 1. The molecule has 2 heteroatoms. The molecule has 113 valence electrons. The molecule has 19 heavy (non-hydrogen) atoms. The molecule has 0 unspecified atom stereocenters. The van der Waals surface area contributed by atoms with Crippen LogP contribution < -0.4 is 0 Å². The Morgan fingerprint density at radius 1 is 0.842 bits per heavy atom.